The lowest BCUT2D eigenvalue weighted by Gasteiger charge is -2.14. The summed E-state index contributed by atoms with van der Waals surface area (Å²) in [5.41, 5.74) is 4.24. The van der Waals surface area contributed by atoms with Crippen LogP contribution >= 0.6 is 0 Å². The van der Waals surface area contributed by atoms with E-state index in [0.717, 1.165) is 0 Å². The molecule has 0 radical (unpaired) electrons. The van der Waals surface area contributed by atoms with Crippen molar-refractivity contribution in [2.75, 3.05) is 12.8 Å². The van der Waals surface area contributed by atoms with Gasteiger partial charge in [0.1, 0.15) is 0 Å². The molecule has 0 aliphatic rings. The number of nitrogens with two attached hydrogens (primary N) is 1. The van der Waals surface area contributed by atoms with Crippen LogP contribution in [-0.4, -0.2) is 7.11 Å². The number of nitrogen functional groups attached to an aromatic ring is 1. The van der Waals surface area contributed by atoms with Crippen LogP contribution in [0.15, 0.2) is 18.2 Å². The summed E-state index contributed by atoms with van der Waals surface area (Å²) in [4.78, 5) is 0. The predicted molar refractivity (Wildman–Crippen MR) is 46.6 cm³/mol. The van der Waals surface area contributed by atoms with Gasteiger partial charge in [-0.2, -0.15) is 13.2 Å². The molecule has 0 bridgehead atoms. The van der Waals surface area contributed by atoms with E-state index in [2.05, 4.69) is 4.74 Å². The van der Waals surface area contributed by atoms with Gasteiger partial charge in [0.15, 0.2) is 0 Å². The second-order valence-electron chi connectivity index (χ2n) is 2.81. The van der Waals surface area contributed by atoms with E-state index in [-0.39, 0.29) is 17.9 Å². The van der Waals surface area contributed by atoms with E-state index in [1.54, 1.807) is 0 Å². The molecule has 2 nitrogen and oxygen atoms in total. The van der Waals surface area contributed by atoms with Crippen molar-refractivity contribution in [3.8, 4) is 0 Å². The van der Waals surface area contributed by atoms with Gasteiger partial charge in [-0.25, -0.2) is 0 Å². The van der Waals surface area contributed by atoms with Crippen molar-refractivity contribution >= 4 is 5.69 Å². The molecule has 0 saturated heterocycles. The van der Waals surface area contributed by atoms with Crippen LogP contribution in [0.4, 0.5) is 18.9 Å². The molecule has 0 atom stereocenters. The van der Waals surface area contributed by atoms with Crippen molar-refractivity contribution in [2.45, 2.75) is 12.8 Å². The Kier molecular flexibility index (Phi) is 3.00. The van der Waals surface area contributed by atoms with Crippen LogP contribution < -0.4 is 5.73 Å². The maximum atomic E-state index is 12.5. The molecule has 1 aromatic rings. The van der Waals surface area contributed by atoms with E-state index in [1.807, 2.05) is 0 Å². The number of hydrogen-bond donors (Lipinski definition) is 1. The monoisotopic (exact) mass is 205 g/mol. The molecule has 0 heterocycles. The Balaban J connectivity index is 3.22. The quantitative estimate of drug-likeness (QED) is 0.752. The Morgan fingerprint density at radius 2 is 2.00 bits per heavy atom. The molecule has 2 N–H and O–H groups in total. The minimum Gasteiger partial charge on any atom is -0.398 e. The van der Waals surface area contributed by atoms with Gasteiger partial charge in [0.05, 0.1) is 12.2 Å². The molecule has 0 saturated carbocycles. The summed E-state index contributed by atoms with van der Waals surface area (Å²) in [6.45, 7) is -0.0973. The lowest BCUT2D eigenvalue weighted by Crippen LogP contribution is -2.12. The summed E-state index contributed by atoms with van der Waals surface area (Å²) in [6.07, 6.45) is -4.43. The molecule has 1 aromatic carbocycles. The summed E-state index contributed by atoms with van der Waals surface area (Å²) in [6, 6.07) is 4.05. The Hall–Kier alpha value is -1.23. The highest BCUT2D eigenvalue weighted by molar-refractivity contribution is 5.52. The maximum absolute atomic E-state index is 12.5. The summed E-state index contributed by atoms with van der Waals surface area (Å²) in [7, 11) is 1.34. The number of anilines is 1. The number of alkyl halides is 3. The fourth-order valence-corrected chi connectivity index (χ4v) is 1.24. The number of halogens is 3. The Labute approximate surface area is 79.5 Å². The zero-order valence-corrected chi connectivity index (χ0v) is 7.56. The second kappa shape index (κ2) is 3.88. The van der Waals surface area contributed by atoms with Crippen LogP contribution in [0.25, 0.3) is 0 Å². The SMILES string of the molecule is COCc1cccc(N)c1C(F)(F)F. The average Bonchev–Trinajstić information content (AvgIpc) is 2.02. The molecule has 0 aromatic heterocycles. The minimum atomic E-state index is -4.43. The van der Waals surface area contributed by atoms with E-state index < -0.39 is 11.7 Å². The molecule has 1 rings (SSSR count). The van der Waals surface area contributed by atoms with Crippen LogP contribution in [0.5, 0.6) is 0 Å². The van der Waals surface area contributed by atoms with Crippen molar-refractivity contribution in [3.05, 3.63) is 29.3 Å². The first-order chi connectivity index (χ1) is 6.46. The third kappa shape index (κ3) is 2.17. The van der Waals surface area contributed by atoms with Crippen LogP contribution in [-0.2, 0) is 17.5 Å². The largest absolute Gasteiger partial charge is 0.418 e. The highest BCUT2D eigenvalue weighted by atomic mass is 19.4. The topological polar surface area (TPSA) is 35.2 Å². The van der Waals surface area contributed by atoms with Gasteiger partial charge in [0, 0.05) is 12.8 Å². The molecule has 0 fully saturated rings. The minimum absolute atomic E-state index is 0.0556. The van der Waals surface area contributed by atoms with Crippen LogP contribution in [0.1, 0.15) is 11.1 Å². The Morgan fingerprint density at radius 1 is 1.36 bits per heavy atom. The molecule has 5 heteroatoms. The van der Waals surface area contributed by atoms with Crippen molar-refractivity contribution in [3.63, 3.8) is 0 Å². The Morgan fingerprint density at radius 3 is 2.50 bits per heavy atom. The second-order valence-corrected chi connectivity index (χ2v) is 2.81. The Bertz CT molecular complexity index is 322. The zero-order valence-electron chi connectivity index (χ0n) is 7.56. The van der Waals surface area contributed by atoms with E-state index in [9.17, 15) is 13.2 Å². The molecular formula is C9H10F3NO. The number of hydrogen-bond acceptors (Lipinski definition) is 2. The number of benzene rings is 1. The van der Waals surface area contributed by atoms with E-state index in [1.165, 1.54) is 25.3 Å². The smallest absolute Gasteiger partial charge is 0.398 e. The van der Waals surface area contributed by atoms with Crippen molar-refractivity contribution in [1.29, 1.82) is 0 Å². The highest BCUT2D eigenvalue weighted by Crippen LogP contribution is 2.36. The standard InChI is InChI=1S/C9H10F3NO/c1-14-5-6-3-2-4-7(13)8(6)9(10,11)12/h2-4H,5,13H2,1H3. The molecule has 0 amide bonds. The molecule has 78 valence electrons. The van der Waals surface area contributed by atoms with E-state index in [0.29, 0.717) is 0 Å². The number of ether oxygens (including phenoxy) is 1. The van der Waals surface area contributed by atoms with Gasteiger partial charge >= 0.3 is 6.18 Å². The summed E-state index contributed by atoms with van der Waals surface area (Å²) < 4.78 is 42.2. The third-order valence-corrected chi connectivity index (χ3v) is 1.77. The van der Waals surface area contributed by atoms with E-state index >= 15 is 0 Å². The molecular weight excluding hydrogens is 195 g/mol. The predicted octanol–water partition coefficient (Wildman–Crippen LogP) is 2.43. The first-order valence-corrected chi connectivity index (χ1v) is 3.90. The number of methoxy groups -OCH3 is 1. The molecule has 0 aliphatic carbocycles. The number of rotatable bonds is 2. The highest BCUT2D eigenvalue weighted by Gasteiger charge is 2.35. The van der Waals surface area contributed by atoms with Gasteiger partial charge < -0.3 is 10.5 Å². The van der Waals surface area contributed by atoms with Crippen molar-refractivity contribution < 1.29 is 17.9 Å². The van der Waals surface area contributed by atoms with Crippen LogP contribution in [0.2, 0.25) is 0 Å². The van der Waals surface area contributed by atoms with Gasteiger partial charge in [-0.3, -0.25) is 0 Å². The first kappa shape index (κ1) is 10.8. The lowest BCUT2D eigenvalue weighted by molar-refractivity contribution is -0.138. The van der Waals surface area contributed by atoms with Crippen molar-refractivity contribution in [2.24, 2.45) is 0 Å². The third-order valence-electron chi connectivity index (χ3n) is 1.77. The molecule has 14 heavy (non-hydrogen) atoms. The van der Waals surface area contributed by atoms with Crippen molar-refractivity contribution in [1.82, 2.24) is 0 Å². The first-order valence-electron chi connectivity index (χ1n) is 3.90. The molecule has 0 spiro atoms. The molecule has 0 aliphatic heterocycles. The van der Waals surface area contributed by atoms with Gasteiger partial charge in [-0.15, -0.1) is 0 Å². The maximum Gasteiger partial charge on any atom is 0.418 e. The van der Waals surface area contributed by atoms with Gasteiger partial charge in [0.2, 0.25) is 0 Å². The summed E-state index contributed by atoms with van der Waals surface area (Å²) >= 11 is 0. The van der Waals surface area contributed by atoms with Gasteiger partial charge in [-0.1, -0.05) is 12.1 Å². The fraction of sp³-hybridized carbons (Fsp3) is 0.333. The van der Waals surface area contributed by atoms with Gasteiger partial charge in [0.25, 0.3) is 0 Å². The lowest BCUT2D eigenvalue weighted by atomic mass is 10.1. The van der Waals surface area contributed by atoms with E-state index in [4.69, 9.17) is 5.73 Å². The van der Waals surface area contributed by atoms with Crippen LogP contribution in [0, 0.1) is 0 Å². The average molecular weight is 205 g/mol. The van der Waals surface area contributed by atoms with Crippen LogP contribution in [0.3, 0.4) is 0 Å². The summed E-state index contributed by atoms with van der Waals surface area (Å²) in [5, 5.41) is 0. The fourth-order valence-electron chi connectivity index (χ4n) is 1.24. The normalized spacial score (nSPS) is 11.7. The zero-order chi connectivity index (χ0) is 10.8. The van der Waals surface area contributed by atoms with Gasteiger partial charge in [-0.05, 0) is 11.6 Å². The summed E-state index contributed by atoms with van der Waals surface area (Å²) in [5.74, 6) is 0. The molecule has 0 unspecified atom stereocenters.